The highest BCUT2D eigenvalue weighted by Crippen LogP contribution is 2.23. The molecule has 0 aliphatic heterocycles. The van der Waals surface area contributed by atoms with Crippen LogP contribution in [0.2, 0.25) is 0 Å². The monoisotopic (exact) mass is 421 g/mol. The van der Waals surface area contributed by atoms with E-state index in [9.17, 15) is 14.4 Å². The molecule has 1 aliphatic rings. The van der Waals surface area contributed by atoms with Gasteiger partial charge in [-0.05, 0) is 56.2 Å². The lowest BCUT2D eigenvalue weighted by atomic mass is 9.94. The van der Waals surface area contributed by atoms with E-state index in [4.69, 9.17) is 0 Å². The van der Waals surface area contributed by atoms with Gasteiger partial charge >= 0.3 is 0 Å². The molecule has 164 valence electrons. The quantitative estimate of drug-likeness (QED) is 0.702. The molecule has 3 rings (SSSR count). The zero-order valence-electron chi connectivity index (χ0n) is 18.3. The van der Waals surface area contributed by atoms with E-state index in [-0.39, 0.29) is 30.2 Å². The molecule has 0 bridgehead atoms. The number of anilines is 1. The zero-order chi connectivity index (χ0) is 22.2. The Bertz CT molecular complexity index is 890. The van der Waals surface area contributed by atoms with Crippen LogP contribution >= 0.6 is 0 Å². The molecule has 1 saturated carbocycles. The third-order valence-electron chi connectivity index (χ3n) is 5.76. The Labute approximate surface area is 184 Å². The molecular formula is C25H31N3O3. The van der Waals surface area contributed by atoms with Crippen LogP contribution in [0.25, 0.3) is 0 Å². The molecule has 31 heavy (non-hydrogen) atoms. The highest BCUT2D eigenvalue weighted by molar-refractivity contribution is 5.97. The number of benzene rings is 2. The van der Waals surface area contributed by atoms with Crippen LogP contribution < -0.4 is 10.6 Å². The van der Waals surface area contributed by atoms with E-state index in [1.54, 1.807) is 55.5 Å². The maximum Gasteiger partial charge on any atom is 0.253 e. The summed E-state index contributed by atoms with van der Waals surface area (Å²) in [5.74, 6) is -0.382. The van der Waals surface area contributed by atoms with Gasteiger partial charge in [0.05, 0.1) is 0 Å². The van der Waals surface area contributed by atoms with Gasteiger partial charge < -0.3 is 15.5 Å². The lowest BCUT2D eigenvalue weighted by Gasteiger charge is -2.31. The van der Waals surface area contributed by atoms with Crippen LogP contribution in [0.4, 0.5) is 5.69 Å². The minimum atomic E-state index is -0.308. The lowest BCUT2D eigenvalue weighted by molar-refractivity contribution is -0.116. The number of nitrogens with one attached hydrogen (secondary N) is 2. The number of hydrogen-bond acceptors (Lipinski definition) is 3. The van der Waals surface area contributed by atoms with Crippen LogP contribution in [0.1, 0.15) is 66.2 Å². The van der Waals surface area contributed by atoms with Gasteiger partial charge in [-0.2, -0.15) is 0 Å². The maximum absolute atomic E-state index is 12.7. The summed E-state index contributed by atoms with van der Waals surface area (Å²) in [6, 6.07) is 15.9. The van der Waals surface area contributed by atoms with E-state index in [1.807, 2.05) is 18.0 Å². The first-order chi connectivity index (χ1) is 14.9. The standard InChI is InChI=1S/C25H31N3O3/c1-18(26-24(30)19-9-5-3-6-10-19)17-23(29)27-21-15-13-20(14-16-21)25(31)28(2)22-11-7-4-8-12-22/h3,5-6,9-10,13-16,18,22H,4,7-8,11-12,17H2,1-2H3,(H,26,30)(H,27,29). The Morgan fingerprint density at radius 1 is 0.935 bits per heavy atom. The number of rotatable bonds is 7. The second-order valence-electron chi connectivity index (χ2n) is 8.28. The van der Waals surface area contributed by atoms with Crippen molar-refractivity contribution in [2.45, 2.75) is 57.5 Å². The normalized spacial score (nSPS) is 15.0. The van der Waals surface area contributed by atoms with Crippen molar-refractivity contribution in [1.82, 2.24) is 10.2 Å². The molecular weight excluding hydrogens is 390 g/mol. The predicted molar refractivity (Wildman–Crippen MR) is 122 cm³/mol. The minimum Gasteiger partial charge on any atom is -0.349 e. The van der Waals surface area contributed by atoms with Crippen molar-refractivity contribution in [3.8, 4) is 0 Å². The van der Waals surface area contributed by atoms with Gasteiger partial charge in [0.2, 0.25) is 5.91 Å². The molecule has 1 atom stereocenters. The van der Waals surface area contributed by atoms with Gasteiger partial charge in [-0.3, -0.25) is 14.4 Å². The summed E-state index contributed by atoms with van der Waals surface area (Å²) in [4.78, 5) is 39.1. The molecule has 0 spiro atoms. The summed E-state index contributed by atoms with van der Waals surface area (Å²) >= 11 is 0. The van der Waals surface area contributed by atoms with E-state index in [1.165, 1.54) is 19.3 Å². The van der Waals surface area contributed by atoms with E-state index >= 15 is 0 Å². The maximum atomic E-state index is 12.7. The summed E-state index contributed by atoms with van der Waals surface area (Å²) in [6.07, 6.45) is 5.89. The molecule has 1 aliphatic carbocycles. The van der Waals surface area contributed by atoms with Crippen LogP contribution in [0.3, 0.4) is 0 Å². The van der Waals surface area contributed by atoms with Gasteiger partial charge in [0.1, 0.15) is 0 Å². The molecule has 0 radical (unpaired) electrons. The number of carbonyl (C=O) groups is 3. The highest BCUT2D eigenvalue weighted by Gasteiger charge is 2.23. The van der Waals surface area contributed by atoms with Crippen LogP contribution in [-0.4, -0.2) is 41.8 Å². The van der Waals surface area contributed by atoms with Gasteiger partial charge in [-0.15, -0.1) is 0 Å². The fourth-order valence-electron chi connectivity index (χ4n) is 3.97. The predicted octanol–water partition coefficient (Wildman–Crippen LogP) is 4.24. The molecule has 2 N–H and O–H groups in total. The molecule has 3 amide bonds. The van der Waals surface area contributed by atoms with Crippen LogP contribution in [-0.2, 0) is 4.79 Å². The third kappa shape index (κ3) is 6.41. The first kappa shape index (κ1) is 22.5. The van der Waals surface area contributed by atoms with Crippen molar-refractivity contribution in [2.24, 2.45) is 0 Å². The molecule has 2 aromatic rings. The summed E-state index contributed by atoms with van der Waals surface area (Å²) in [5.41, 5.74) is 1.81. The van der Waals surface area contributed by atoms with E-state index in [0.29, 0.717) is 22.9 Å². The fraction of sp³-hybridized carbons (Fsp3) is 0.400. The van der Waals surface area contributed by atoms with Gasteiger partial charge in [-0.1, -0.05) is 37.5 Å². The van der Waals surface area contributed by atoms with Crippen LogP contribution in [0.5, 0.6) is 0 Å². The minimum absolute atomic E-state index is 0.0158. The van der Waals surface area contributed by atoms with Gasteiger partial charge in [0.15, 0.2) is 0 Å². The number of hydrogen-bond donors (Lipinski definition) is 2. The van der Waals surface area contributed by atoms with Crippen LogP contribution in [0, 0.1) is 0 Å². The largest absolute Gasteiger partial charge is 0.349 e. The Morgan fingerprint density at radius 2 is 1.58 bits per heavy atom. The van der Waals surface area contributed by atoms with Crippen molar-refractivity contribution in [3.63, 3.8) is 0 Å². The Hall–Kier alpha value is -3.15. The Kier molecular flexibility index (Phi) is 7.82. The molecule has 1 fully saturated rings. The molecule has 0 heterocycles. The highest BCUT2D eigenvalue weighted by atomic mass is 16.2. The molecule has 0 aromatic heterocycles. The lowest BCUT2D eigenvalue weighted by Crippen LogP contribution is -2.38. The summed E-state index contributed by atoms with van der Waals surface area (Å²) in [6.45, 7) is 1.79. The molecule has 0 saturated heterocycles. The van der Waals surface area contributed by atoms with E-state index in [0.717, 1.165) is 12.8 Å². The van der Waals surface area contributed by atoms with Gasteiger partial charge in [-0.25, -0.2) is 0 Å². The molecule has 2 aromatic carbocycles. The second-order valence-corrected chi connectivity index (χ2v) is 8.28. The van der Waals surface area contributed by atoms with Crippen molar-refractivity contribution in [3.05, 3.63) is 65.7 Å². The van der Waals surface area contributed by atoms with Crippen molar-refractivity contribution >= 4 is 23.4 Å². The van der Waals surface area contributed by atoms with Crippen LogP contribution in [0.15, 0.2) is 54.6 Å². The molecule has 1 unspecified atom stereocenters. The third-order valence-corrected chi connectivity index (χ3v) is 5.76. The molecule has 6 nitrogen and oxygen atoms in total. The molecule has 6 heteroatoms. The Balaban J connectivity index is 1.49. The van der Waals surface area contributed by atoms with E-state index in [2.05, 4.69) is 10.6 Å². The first-order valence-electron chi connectivity index (χ1n) is 11.0. The topological polar surface area (TPSA) is 78.5 Å². The first-order valence-corrected chi connectivity index (χ1v) is 11.0. The fourth-order valence-corrected chi connectivity index (χ4v) is 3.97. The summed E-state index contributed by atoms with van der Waals surface area (Å²) < 4.78 is 0. The van der Waals surface area contributed by atoms with E-state index < -0.39 is 0 Å². The summed E-state index contributed by atoms with van der Waals surface area (Å²) in [5, 5.41) is 5.66. The average Bonchev–Trinajstić information content (AvgIpc) is 2.79. The second kappa shape index (κ2) is 10.8. The van der Waals surface area contributed by atoms with Gasteiger partial charge in [0.25, 0.3) is 11.8 Å². The van der Waals surface area contributed by atoms with Crippen molar-refractivity contribution < 1.29 is 14.4 Å². The Morgan fingerprint density at radius 3 is 2.23 bits per heavy atom. The van der Waals surface area contributed by atoms with Crippen molar-refractivity contribution in [1.29, 1.82) is 0 Å². The summed E-state index contributed by atoms with van der Waals surface area (Å²) in [7, 11) is 1.87. The number of carbonyl (C=O) groups excluding carboxylic acids is 3. The SMILES string of the molecule is CC(CC(=O)Nc1ccc(C(=O)N(C)C2CCCCC2)cc1)NC(=O)c1ccccc1. The van der Waals surface area contributed by atoms with Gasteiger partial charge in [0, 0.05) is 42.4 Å². The zero-order valence-corrected chi connectivity index (χ0v) is 18.3. The number of nitrogens with zero attached hydrogens (tertiary/aromatic N) is 1. The van der Waals surface area contributed by atoms with Crippen molar-refractivity contribution in [2.75, 3.05) is 12.4 Å². The smallest absolute Gasteiger partial charge is 0.253 e. The number of amides is 3. The average molecular weight is 422 g/mol.